The molecule has 0 aliphatic heterocycles. The number of aliphatic hydroxyl groups is 1. The van der Waals surface area contributed by atoms with Gasteiger partial charge in [0.25, 0.3) is 0 Å². The van der Waals surface area contributed by atoms with Crippen molar-refractivity contribution >= 4 is 21.9 Å². The van der Waals surface area contributed by atoms with Crippen molar-refractivity contribution in [3.05, 3.63) is 34.3 Å². The van der Waals surface area contributed by atoms with Crippen LogP contribution in [-0.2, 0) is 9.53 Å². The molecule has 1 unspecified atom stereocenters. The molecular formula is C13H17BrO3. The molecule has 94 valence electrons. The molecule has 1 N–H and O–H groups in total. The lowest BCUT2D eigenvalue weighted by atomic mass is 10.1. The van der Waals surface area contributed by atoms with Crippen LogP contribution in [0.25, 0.3) is 0 Å². The predicted molar refractivity (Wildman–Crippen MR) is 69.6 cm³/mol. The van der Waals surface area contributed by atoms with Crippen LogP contribution in [0.5, 0.6) is 0 Å². The lowest BCUT2D eigenvalue weighted by Gasteiger charge is -2.11. The summed E-state index contributed by atoms with van der Waals surface area (Å²) in [6, 6.07) is 7.28. The highest BCUT2D eigenvalue weighted by molar-refractivity contribution is 9.10. The van der Waals surface area contributed by atoms with Crippen LogP contribution < -0.4 is 0 Å². The number of ether oxygens (including phenoxy) is 1. The number of hydrogen-bond acceptors (Lipinski definition) is 3. The summed E-state index contributed by atoms with van der Waals surface area (Å²) in [5.41, 5.74) is 0.715. The average molecular weight is 301 g/mol. The van der Waals surface area contributed by atoms with Gasteiger partial charge in [-0.15, -0.1) is 0 Å². The highest BCUT2D eigenvalue weighted by Gasteiger charge is 2.14. The van der Waals surface area contributed by atoms with Crippen LogP contribution in [0.1, 0.15) is 37.9 Å². The van der Waals surface area contributed by atoms with E-state index in [0.717, 1.165) is 17.3 Å². The normalized spacial score (nSPS) is 12.2. The number of aliphatic hydroxyl groups excluding tert-OH is 1. The van der Waals surface area contributed by atoms with Gasteiger partial charge in [-0.05, 0) is 24.1 Å². The Morgan fingerprint density at radius 2 is 2.29 bits per heavy atom. The number of carbonyl (C=O) groups excluding carboxylic acids is 1. The summed E-state index contributed by atoms with van der Waals surface area (Å²) in [4.78, 5) is 11.4. The maximum atomic E-state index is 11.4. The van der Waals surface area contributed by atoms with Gasteiger partial charge in [0.2, 0.25) is 0 Å². The van der Waals surface area contributed by atoms with E-state index in [4.69, 9.17) is 4.74 Å². The van der Waals surface area contributed by atoms with Crippen LogP contribution in [0.15, 0.2) is 28.7 Å². The average Bonchev–Trinajstić information content (AvgIpc) is 2.29. The summed E-state index contributed by atoms with van der Waals surface area (Å²) in [7, 11) is 0. The Balaban J connectivity index is 2.43. The zero-order valence-corrected chi connectivity index (χ0v) is 11.4. The van der Waals surface area contributed by atoms with Crippen LogP contribution in [0.4, 0.5) is 0 Å². The Labute approximate surface area is 110 Å². The van der Waals surface area contributed by atoms with Gasteiger partial charge in [0.05, 0.1) is 19.1 Å². The Morgan fingerprint density at radius 3 is 2.94 bits per heavy atom. The fourth-order valence-corrected chi connectivity index (χ4v) is 1.80. The molecule has 0 saturated heterocycles. The number of hydrogen-bond donors (Lipinski definition) is 1. The van der Waals surface area contributed by atoms with Crippen molar-refractivity contribution < 1.29 is 14.6 Å². The van der Waals surface area contributed by atoms with E-state index in [2.05, 4.69) is 15.9 Å². The number of halogens is 1. The first-order valence-corrected chi connectivity index (χ1v) is 6.52. The molecule has 1 aromatic carbocycles. The van der Waals surface area contributed by atoms with Gasteiger partial charge in [-0.2, -0.15) is 0 Å². The topological polar surface area (TPSA) is 46.5 Å². The third kappa shape index (κ3) is 5.33. The lowest BCUT2D eigenvalue weighted by Crippen LogP contribution is -2.11. The SMILES string of the molecule is CCCCOC(=O)CC(O)c1cccc(Br)c1. The lowest BCUT2D eigenvalue weighted by molar-refractivity contribution is -0.146. The van der Waals surface area contributed by atoms with Crippen LogP contribution in [0, 0.1) is 0 Å². The molecule has 0 spiro atoms. The minimum atomic E-state index is -0.804. The number of esters is 1. The first-order valence-electron chi connectivity index (χ1n) is 5.72. The molecule has 0 aliphatic rings. The molecule has 0 bridgehead atoms. The summed E-state index contributed by atoms with van der Waals surface area (Å²) in [6.45, 7) is 2.46. The van der Waals surface area contributed by atoms with Gasteiger partial charge >= 0.3 is 5.97 Å². The highest BCUT2D eigenvalue weighted by Crippen LogP contribution is 2.20. The molecule has 0 heterocycles. The van der Waals surface area contributed by atoms with Crippen molar-refractivity contribution in [3.63, 3.8) is 0 Å². The number of benzene rings is 1. The Morgan fingerprint density at radius 1 is 1.53 bits per heavy atom. The fraction of sp³-hybridized carbons (Fsp3) is 0.462. The molecule has 0 saturated carbocycles. The molecule has 17 heavy (non-hydrogen) atoms. The summed E-state index contributed by atoms with van der Waals surface area (Å²) < 4.78 is 5.88. The van der Waals surface area contributed by atoms with E-state index >= 15 is 0 Å². The third-order valence-corrected chi connectivity index (χ3v) is 2.85. The van der Waals surface area contributed by atoms with E-state index < -0.39 is 6.10 Å². The summed E-state index contributed by atoms with van der Waals surface area (Å²) >= 11 is 3.32. The second-order valence-corrected chi connectivity index (χ2v) is 4.76. The number of rotatable bonds is 6. The molecule has 1 rings (SSSR count). The van der Waals surface area contributed by atoms with Crippen molar-refractivity contribution in [2.45, 2.75) is 32.3 Å². The molecule has 1 atom stereocenters. The van der Waals surface area contributed by atoms with Crippen LogP contribution >= 0.6 is 15.9 Å². The van der Waals surface area contributed by atoms with Crippen molar-refractivity contribution in [1.29, 1.82) is 0 Å². The van der Waals surface area contributed by atoms with Crippen LogP contribution in [-0.4, -0.2) is 17.7 Å². The molecule has 1 aromatic rings. The second kappa shape index (κ2) is 7.45. The predicted octanol–water partition coefficient (Wildman–Crippen LogP) is 3.22. The van der Waals surface area contributed by atoms with E-state index in [0.29, 0.717) is 12.2 Å². The van der Waals surface area contributed by atoms with Crippen molar-refractivity contribution in [1.82, 2.24) is 0 Å². The largest absolute Gasteiger partial charge is 0.466 e. The van der Waals surface area contributed by atoms with Gasteiger partial charge < -0.3 is 9.84 Å². The number of unbranched alkanes of at least 4 members (excludes halogenated alkanes) is 1. The van der Waals surface area contributed by atoms with Crippen molar-refractivity contribution in [2.75, 3.05) is 6.61 Å². The maximum Gasteiger partial charge on any atom is 0.308 e. The minimum absolute atomic E-state index is 0.000166. The van der Waals surface area contributed by atoms with E-state index in [1.807, 2.05) is 19.1 Å². The minimum Gasteiger partial charge on any atom is -0.466 e. The standard InChI is InChI=1S/C13H17BrO3/c1-2-3-7-17-13(16)9-12(15)10-5-4-6-11(14)8-10/h4-6,8,12,15H,2-3,7,9H2,1H3. The van der Waals surface area contributed by atoms with Crippen molar-refractivity contribution in [2.24, 2.45) is 0 Å². The fourth-order valence-electron chi connectivity index (χ4n) is 1.38. The van der Waals surface area contributed by atoms with Gasteiger partial charge in [-0.3, -0.25) is 4.79 Å². The molecule has 3 nitrogen and oxygen atoms in total. The van der Waals surface area contributed by atoms with Gasteiger partial charge in [-0.1, -0.05) is 41.4 Å². The van der Waals surface area contributed by atoms with Gasteiger partial charge in [0.15, 0.2) is 0 Å². The molecule has 0 amide bonds. The summed E-state index contributed by atoms with van der Waals surface area (Å²) in [6.07, 6.45) is 1.04. The van der Waals surface area contributed by atoms with E-state index in [9.17, 15) is 9.90 Å². The third-order valence-electron chi connectivity index (χ3n) is 2.35. The number of carbonyl (C=O) groups is 1. The highest BCUT2D eigenvalue weighted by atomic mass is 79.9. The smallest absolute Gasteiger partial charge is 0.308 e. The Kier molecular flexibility index (Phi) is 6.22. The van der Waals surface area contributed by atoms with E-state index in [1.54, 1.807) is 12.1 Å². The van der Waals surface area contributed by atoms with Crippen molar-refractivity contribution in [3.8, 4) is 0 Å². The zero-order chi connectivity index (χ0) is 12.7. The van der Waals surface area contributed by atoms with Crippen LogP contribution in [0.3, 0.4) is 0 Å². The van der Waals surface area contributed by atoms with Crippen LogP contribution in [0.2, 0.25) is 0 Å². The Hall–Kier alpha value is -0.870. The van der Waals surface area contributed by atoms with E-state index in [-0.39, 0.29) is 12.4 Å². The quantitative estimate of drug-likeness (QED) is 0.648. The zero-order valence-electron chi connectivity index (χ0n) is 9.86. The first-order chi connectivity index (χ1) is 8.13. The monoisotopic (exact) mass is 300 g/mol. The second-order valence-electron chi connectivity index (χ2n) is 3.85. The van der Waals surface area contributed by atoms with E-state index in [1.165, 1.54) is 0 Å². The van der Waals surface area contributed by atoms with Gasteiger partial charge in [0, 0.05) is 4.47 Å². The maximum absolute atomic E-state index is 11.4. The molecule has 0 aromatic heterocycles. The summed E-state index contributed by atoms with van der Waals surface area (Å²) in [5.74, 6) is -0.356. The molecule has 0 radical (unpaired) electrons. The Bertz CT molecular complexity index is 365. The molecule has 0 fully saturated rings. The van der Waals surface area contributed by atoms with Gasteiger partial charge in [-0.25, -0.2) is 0 Å². The first kappa shape index (κ1) is 14.2. The summed E-state index contributed by atoms with van der Waals surface area (Å²) in [5, 5.41) is 9.85. The molecular weight excluding hydrogens is 284 g/mol. The van der Waals surface area contributed by atoms with Gasteiger partial charge in [0.1, 0.15) is 0 Å². The molecule has 0 aliphatic carbocycles. The molecule has 4 heteroatoms.